The van der Waals surface area contributed by atoms with Crippen molar-refractivity contribution in [2.24, 2.45) is 0 Å². The van der Waals surface area contributed by atoms with Crippen molar-refractivity contribution >= 4 is 82.1 Å². The van der Waals surface area contributed by atoms with E-state index in [0.29, 0.717) is 5.82 Å². The molecule has 3 nitrogen and oxygen atoms in total. The maximum atomic E-state index is 5.36. The second kappa shape index (κ2) is 17.0. The fourth-order valence-electron chi connectivity index (χ4n) is 10.5. The summed E-state index contributed by atoms with van der Waals surface area (Å²) in [4.78, 5) is 10.7. The minimum atomic E-state index is -2.71. The number of fused-ring (bicyclic) bond motifs is 6. The molecule has 0 saturated carbocycles. The SMILES string of the molecule is c1ccc([Si](c2ccccc2)(c2ccccc2)c2ccc(-c3cc(-c4ccc(-n5c6ccccc6c6ccccc65)cc4)nc(-c4ccc(-c5ccc6sc7ccccc7c6c5)cc4)n3)cc2)cc1. The molecule has 0 atom stereocenters. The van der Waals surface area contributed by atoms with Gasteiger partial charge in [0.2, 0.25) is 0 Å². The molecule has 13 aromatic rings. The van der Waals surface area contributed by atoms with E-state index in [-0.39, 0.29) is 0 Å². The first kappa shape index (κ1) is 40.8. The average molecular weight is 914 g/mol. The summed E-state index contributed by atoms with van der Waals surface area (Å²) in [5.74, 6) is 0.686. The molecular weight excluding hydrogens is 871 g/mol. The van der Waals surface area contributed by atoms with E-state index in [2.05, 4.69) is 265 Å². The number of hydrogen-bond acceptors (Lipinski definition) is 3. The summed E-state index contributed by atoms with van der Waals surface area (Å²) in [7, 11) is -2.71. The summed E-state index contributed by atoms with van der Waals surface area (Å²) in [5.41, 5.74) is 10.6. The highest BCUT2D eigenvalue weighted by Crippen LogP contribution is 2.38. The minimum absolute atomic E-state index is 0.686. The number of thiophene rings is 1. The van der Waals surface area contributed by atoms with Gasteiger partial charge >= 0.3 is 0 Å². The maximum Gasteiger partial charge on any atom is 0.179 e. The van der Waals surface area contributed by atoms with Crippen LogP contribution >= 0.6 is 11.3 Å². The number of rotatable bonds is 9. The van der Waals surface area contributed by atoms with Gasteiger partial charge in [-0.1, -0.05) is 212 Å². The Kier molecular flexibility index (Phi) is 10.0. The third-order valence-electron chi connectivity index (χ3n) is 13.8. The van der Waals surface area contributed by atoms with Crippen molar-refractivity contribution < 1.29 is 0 Å². The van der Waals surface area contributed by atoms with E-state index in [9.17, 15) is 0 Å². The molecule has 0 radical (unpaired) electrons. The topological polar surface area (TPSA) is 30.7 Å². The molecule has 3 heterocycles. The van der Waals surface area contributed by atoms with Gasteiger partial charge in [-0.3, -0.25) is 0 Å². The van der Waals surface area contributed by atoms with Gasteiger partial charge in [0, 0.05) is 53.3 Å². The Balaban J connectivity index is 0.931. The number of aromatic nitrogens is 3. The summed E-state index contributed by atoms with van der Waals surface area (Å²) in [6, 6.07) is 95.0. The highest BCUT2D eigenvalue weighted by Gasteiger charge is 2.41. The van der Waals surface area contributed by atoms with Gasteiger partial charge < -0.3 is 4.57 Å². The second-order valence-corrected chi connectivity index (χ2v) is 22.6. The van der Waals surface area contributed by atoms with Crippen molar-refractivity contribution in [3.8, 4) is 50.7 Å². The summed E-state index contributed by atoms with van der Waals surface area (Å²) in [5, 5.41) is 10.4. The molecule has 0 N–H and O–H groups in total. The van der Waals surface area contributed by atoms with Crippen LogP contribution in [0.4, 0.5) is 0 Å². The van der Waals surface area contributed by atoms with Gasteiger partial charge in [0.1, 0.15) is 0 Å². The van der Waals surface area contributed by atoms with E-state index < -0.39 is 8.07 Å². The van der Waals surface area contributed by atoms with Crippen LogP contribution in [0.2, 0.25) is 0 Å². The molecule has 69 heavy (non-hydrogen) atoms. The zero-order chi connectivity index (χ0) is 45.7. The Labute approximate surface area is 405 Å². The van der Waals surface area contributed by atoms with Crippen molar-refractivity contribution in [3.05, 3.63) is 261 Å². The normalized spacial score (nSPS) is 11.8. The lowest BCUT2D eigenvalue weighted by Crippen LogP contribution is -2.74. The van der Waals surface area contributed by atoms with Crippen molar-refractivity contribution in [1.82, 2.24) is 14.5 Å². The van der Waals surface area contributed by atoms with E-state index in [1.54, 1.807) is 0 Å². The van der Waals surface area contributed by atoms with Crippen LogP contribution in [0.25, 0.3) is 92.7 Å². The molecule has 324 valence electrons. The van der Waals surface area contributed by atoms with E-state index in [4.69, 9.17) is 9.97 Å². The van der Waals surface area contributed by atoms with Crippen LogP contribution in [0.1, 0.15) is 0 Å². The Morgan fingerprint density at radius 2 is 0.725 bits per heavy atom. The molecule has 13 rings (SSSR count). The quantitative estimate of drug-likeness (QED) is 0.107. The lowest BCUT2D eigenvalue weighted by Gasteiger charge is -2.34. The molecule has 0 bridgehead atoms. The highest BCUT2D eigenvalue weighted by atomic mass is 32.1. The Hall–Kier alpha value is -8.48. The first-order valence-electron chi connectivity index (χ1n) is 23.5. The largest absolute Gasteiger partial charge is 0.309 e. The monoisotopic (exact) mass is 913 g/mol. The minimum Gasteiger partial charge on any atom is -0.309 e. The molecular formula is C64H43N3SSi. The number of benzene rings is 10. The third-order valence-corrected chi connectivity index (χ3v) is 19.8. The van der Waals surface area contributed by atoms with Crippen molar-refractivity contribution in [3.63, 3.8) is 0 Å². The van der Waals surface area contributed by atoms with E-state index in [0.717, 1.165) is 39.3 Å². The van der Waals surface area contributed by atoms with Crippen molar-refractivity contribution in [2.75, 3.05) is 0 Å². The smallest absolute Gasteiger partial charge is 0.179 e. The summed E-state index contributed by atoms with van der Waals surface area (Å²) in [6.07, 6.45) is 0. The number of para-hydroxylation sites is 2. The van der Waals surface area contributed by atoms with Gasteiger partial charge in [-0.25, -0.2) is 9.97 Å². The third kappa shape index (κ3) is 7.02. The van der Waals surface area contributed by atoms with Crippen LogP contribution in [0.5, 0.6) is 0 Å². The number of hydrogen-bond donors (Lipinski definition) is 0. The average Bonchev–Trinajstić information content (AvgIpc) is 3.98. The fourth-order valence-corrected chi connectivity index (χ4v) is 16.4. The van der Waals surface area contributed by atoms with Gasteiger partial charge in [-0.2, -0.15) is 0 Å². The van der Waals surface area contributed by atoms with Gasteiger partial charge in [0.05, 0.1) is 22.4 Å². The van der Waals surface area contributed by atoms with Crippen LogP contribution < -0.4 is 20.7 Å². The standard InChI is InChI=1S/C64H43N3SSi/c1-4-16-50(17-5-1)69(51-18-6-2-7-19-51,52-20-8-3-9-21-52)53-39-34-46(35-40-53)59-43-58(45-32-37-49(38-33-45)67-60-25-13-10-22-54(60)55-23-11-14-26-61(55)67)65-64(66-59)47-30-28-44(29-31-47)48-36-41-63-57(42-48)56-24-12-15-27-62(56)68-63/h1-43H. The summed E-state index contributed by atoms with van der Waals surface area (Å²) < 4.78 is 4.98. The molecule has 0 saturated heterocycles. The zero-order valence-electron chi connectivity index (χ0n) is 37.6. The van der Waals surface area contributed by atoms with Gasteiger partial charge in [-0.05, 0) is 80.4 Å². The van der Waals surface area contributed by atoms with Crippen LogP contribution in [-0.2, 0) is 0 Å². The van der Waals surface area contributed by atoms with Crippen LogP contribution in [-0.4, -0.2) is 22.6 Å². The van der Waals surface area contributed by atoms with E-state index in [1.165, 1.54) is 68.3 Å². The zero-order valence-corrected chi connectivity index (χ0v) is 39.4. The Morgan fingerprint density at radius 3 is 1.29 bits per heavy atom. The van der Waals surface area contributed by atoms with Gasteiger partial charge in [-0.15, -0.1) is 11.3 Å². The fraction of sp³-hybridized carbons (Fsp3) is 0. The lowest BCUT2D eigenvalue weighted by atomic mass is 10.0. The predicted molar refractivity (Wildman–Crippen MR) is 295 cm³/mol. The van der Waals surface area contributed by atoms with Crippen LogP contribution in [0.15, 0.2) is 261 Å². The molecule has 10 aromatic carbocycles. The molecule has 0 fully saturated rings. The summed E-state index contributed by atoms with van der Waals surface area (Å²) in [6.45, 7) is 0. The first-order valence-corrected chi connectivity index (χ1v) is 26.3. The van der Waals surface area contributed by atoms with Gasteiger partial charge in [0.15, 0.2) is 13.9 Å². The molecule has 0 aliphatic carbocycles. The Morgan fingerprint density at radius 1 is 0.304 bits per heavy atom. The van der Waals surface area contributed by atoms with Gasteiger partial charge in [0.25, 0.3) is 0 Å². The van der Waals surface area contributed by atoms with Crippen molar-refractivity contribution in [1.29, 1.82) is 0 Å². The maximum absolute atomic E-state index is 5.36. The first-order chi connectivity index (χ1) is 34.2. The van der Waals surface area contributed by atoms with E-state index >= 15 is 0 Å². The summed E-state index contributed by atoms with van der Waals surface area (Å²) >= 11 is 1.85. The Bertz CT molecular complexity index is 3830. The highest BCUT2D eigenvalue weighted by molar-refractivity contribution is 7.25. The molecule has 0 unspecified atom stereocenters. The van der Waals surface area contributed by atoms with E-state index in [1.807, 2.05) is 11.3 Å². The molecule has 5 heteroatoms. The molecule has 0 amide bonds. The molecule has 3 aromatic heterocycles. The molecule has 0 aliphatic heterocycles. The number of nitrogens with zero attached hydrogens (tertiary/aromatic N) is 3. The lowest BCUT2D eigenvalue weighted by molar-refractivity contribution is 1.17. The van der Waals surface area contributed by atoms with Crippen molar-refractivity contribution in [2.45, 2.75) is 0 Å². The predicted octanol–water partition coefficient (Wildman–Crippen LogP) is 14.0. The van der Waals surface area contributed by atoms with Crippen LogP contribution in [0, 0.1) is 0 Å². The molecule has 0 spiro atoms. The van der Waals surface area contributed by atoms with Crippen LogP contribution in [0.3, 0.4) is 0 Å². The second-order valence-electron chi connectivity index (χ2n) is 17.7. The molecule has 0 aliphatic rings.